The highest BCUT2D eigenvalue weighted by atomic mass is 19.1. The number of carbonyl (C=O) groups is 1. The molecule has 1 saturated heterocycles. The lowest BCUT2D eigenvalue weighted by Crippen LogP contribution is -2.50. The van der Waals surface area contributed by atoms with Crippen molar-refractivity contribution in [1.29, 1.82) is 5.26 Å². The van der Waals surface area contributed by atoms with E-state index in [9.17, 15) is 4.79 Å². The van der Waals surface area contributed by atoms with Gasteiger partial charge in [0.1, 0.15) is 0 Å². The molecule has 1 aromatic rings. The lowest BCUT2D eigenvalue weighted by atomic mass is 9.99. The Kier molecular flexibility index (Phi) is 4.23. The average Bonchev–Trinajstić information content (AvgIpc) is 3.41. The molecular formula is C19H23FN4O2. The minimum Gasteiger partial charge on any atom is -0.492 e. The summed E-state index contributed by atoms with van der Waals surface area (Å²) in [6.07, 6.45) is 3.19. The maximum atomic E-state index is 15.3. The molecule has 0 bridgehead atoms. The highest BCUT2D eigenvalue weighted by molar-refractivity contribution is 5.95. The monoisotopic (exact) mass is 358 g/mol. The fourth-order valence-corrected chi connectivity index (χ4v) is 4.21. The molecular weight excluding hydrogens is 335 g/mol. The van der Waals surface area contributed by atoms with Crippen molar-refractivity contribution in [3.8, 4) is 11.8 Å². The number of amides is 2. The molecule has 1 unspecified atom stereocenters. The Morgan fingerprint density at radius 2 is 2.15 bits per heavy atom. The van der Waals surface area contributed by atoms with Crippen molar-refractivity contribution in [3.05, 3.63) is 23.0 Å². The third-order valence-electron chi connectivity index (χ3n) is 5.63. The third-order valence-corrected chi connectivity index (χ3v) is 5.63. The summed E-state index contributed by atoms with van der Waals surface area (Å²) in [4.78, 5) is 18.5. The van der Waals surface area contributed by atoms with Gasteiger partial charge in [0, 0.05) is 31.2 Å². The molecule has 138 valence electrons. The number of hydrogen-bond donors (Lipinski definition) is 0. The van der Waals surface area contributed by atoms with E-state index in [1.807, 2.05) is 22.9 Å². The quantitative estimate of drug-likeness (QED) is 0.830. The van der Waals surface area contributed by atoms with Crippen molar-refractivity contribution in [2.24, 2.45) is 0 Å². The van der Waals surface area contributed by atoms with Crippen LogP contribution in [0.1, 0.15) is 42.9 Å². The van der Waals surface area contributed by atoms with Gasteiger partial charge in [-0.05, 0) is 37.9 Å². The van der Waals surface area contributed by atoms with E-state index in [2.05, 4.69) is 6.07 Å². The Bertz CT molecular complexity index is 787. The Balaban J connectivity index is 1.76. The number of fused-ring (bicyclic) bond motifs is 1. The lowest BCUT2D eigenvalue weighted by Gasteiger charge is -2.36. The van der Waals surface area contributed by atoms with Crippen LogP contribution < -0.4 is 9.64 Å². The topological polar surface area (TPSA) is 59.8 Å². The first-order chi connectivity index (χ1) is 12.6. The van der Waals surface area contributed by atoms with Crippen molar-refractivity contribution < 1.29 is 13.9 Å². The number of carbonyl (C=O) groups excluding carboxylic acids is 1. The molecule has 0 radical (unpaired) electrons. The fraction of sp³-hybridized carbons (Fsp3) is 0.579. The molecule has 26 heavy (non-hydrogen) atoms. The van der Waals surface area contributed by atoms with E-state index in [0.717, 1.165) is 31.4 Å². The highest BCUT2D eigenvalue weighted by Crippen LogP contribution is 2.45. The fourth-order valence-electron chi connectivity index (χ4n) is 4.21. The Morgan fingerprint density at radius 3 is 2.81 bits per heavy atom. The van der Waals surface area contributed by atoms with Crippen LogP contribution in [-0.4, -0.2) is 49.1 Å². The second-order valence-corrected chi connectivity index (χ2v) is 7.32. The summed E-state index contributed by atoms with van der Waals surface area (Å²) in [6.45, 7) is 1.89. The summed E-state index contributed by atoms with van der Waals surface area (Å²) in [7, 11) is 3.31. The lowest BCUT2D eigenvalue weighted by molar-refractivity contribution is 0.192. The van der Waals surface area contributed by atoms with E-state index in [4.69, 9.17) is 10.00 Å². The maximum absolute atomic E-state index is 15.3. The molecule has 2 heterocycles. The van der Waals surface area contributed by atoms with Crippen LogP contribution in [0.4, 0.5) is 14.9 Å². The van der Waals surface area contributed by atoms with E-state index >= 15 is 4.39 Å². The Labute approximate surface area is 152 Å². The average molecular weight is 358 g/mol. The van der Waals surface area contributed by atoms with Crippen LogP contribution >= 0.6 is 0 Å². The molecule has 0 N–H and O–H groups in total. The number of nitrogens with zero attached hydrogens (tertiary/aromatic N) is 4. The first kappa shape index (κ1) is 17.1. The molecule has 7 heteroatoms. The van der Waals surface area contributed by atoms with Crippen molar-refractivity contribution in [2.75, 3.05) is 32.1 Å². The van der Waals surface area contributed by atoms with Gasteiger partial charge in [-0.1, -0.05) is 0 Å². The summed E-state index contributed by atoms with van der Waals surface area (Å²) < 4.78 is 20.7. The minimum absolute atomic E-state index is 0.0590. The summed E-state index contributed by atoms with van der Waals surface area (Å²) in [5.41, 5.74) is 1.86. The van der Waals surface area contributed by atoms with Crippen LogP contribution in [0.3, 0.4) is 0 Å². The Morgan fingerprint density at radius 1 is 1.38 bits per heavy atom. The van der Waals surface area contributed by atoms with Crippen LogP contribution in [0.25, 0.3) is 0 Å². The molecule has 0 aromatic heterocycles. The van der Waals surface area contributed by atoms with Crippen LogP contribution in [0.15, 0.2) is 6.07 Å². The number of benzene rings is 1. The van der Waals surface area contributed by atoms with Crippen LogP contribution in [0.2, 0.25) is 0 Å². The maximum Gasteiger partial charge on any atom is 0.324 e. The van der Waals surface area contributed by atoms with Gasteiger partial charge in [-0.25, -0.2) is 9.18 Å². The number of urea groups is 1. The molecule has 1 aromatic carbocycles. The van der Waals surface area contributed by atoms with E-state index in [0.29, 0.717) is 30.4 Å². The standard InChI is InChI=1S/C19H23FN4O2/c1-22-11-12-10-15(18(26-2)17(20)16(12)14(22)6-7-21)24-9-3-8-23(19(24)25)13-4-5-13/h10,13-14H,3-6,8-9,11H2,1-2H3. The number of ether oxygens (including phenoxy) is 1. The largest absolute Gasteiger partial charge is 0.492 e. The normalized spacial score (nSPS) is 23.2. The van der Waals surface area contributed by atoms with Crippen LogP contribution in [-0.2, 0) is 6.54 Å². The second-order valence-electron chi connectivity index (χ2n) is 7.32. The molecule has 1 atom stereocenters. The molecule has 3 aliphatic rings. The number of rotatable bonds is 4. The molecule has 6 nitrogen and oxygen atoms in total. The highest BCUT2D eigenvalue weighted by Gasteiger charge is 2.40. The van der Waals surface area contributed by atoms with Gasteiger partial charge in [0.25, 0.3) is 0 Å². The third kappa shape index (κ3) is 2.60. The van der Waals surface area contributed by atoms with Gasteiger partial charge in [0.05, 0.1) is 31.3 Å². The first-order valence-electron chi connectivity index (χ1n) is 9.11. The van der Waals surface area contributed by atoms with E-state index in [-0.39, 0.29) is 24.2 Å². The van der Waals surface area contributed by atoms with Crippen LogP contribution in [0, 0.1) is 17.1 Å². The van der Waals surface area contributed by atoms with Gasteiger partial charge < -0.3 is 9.64 Å². The SMILES string of the molecule is COc1c(N2CCCN(C3CC3)C2=O)cc2c(c1F)C(CC#N)N(C)C2. The predicted molar refractivity (Wildman–Crippen MR) is 94.5 cm³/mol. The zero-order chi connectivity index (χ0) is 18.4. The van der Waals surface area contributed by atoms with Crippen molar-refractivity contribution in [1.82, 2.24) is 9.80 Å². The summed E-state index contributed by atoms with van der Waals surface area (Å²) in [5.74, 6) is -0.339. The second kappa shape index (κ2) is 6.44. The van der Waals surface area contributed by atoms with E-state index in [1.165, 1.54) is 7.11 Å². The van der Waals surface area contributed by atoms with Gasteiger partial charge in [0.15, 0.2) is 11.6 Å². The number of hydrogen-bond acceptors (Lipinski definition) is 4. The van der Waals surface area contributed by atoms with E-state index < -0.39 is 5.82 Å². The molecule has 1 aliphatic carbocycles. The predicted octanol–water partition coefficient (Wildman–Crippen LogP) is 3.03. The zero-order valence-electron chi connectivity index (χ0n) is 15.2. The molecule has 0 spiro atoms. The number of methoxy groups -OCH3 is 1. The molecule has 2 fully saturated rings. The summed E-state index contributed by atoms with van der Waals surface area (Å²) in [6, 6.07) is 4.01. The molecule has 1 saturated carbocycles. The summed E-state index contributed by atoms with van der Waals surface area (Å²) >= 11 is 0. The zero-order valence-corrected chi connectivity index (χ0v) is 15.2. The molecule has 2 aliphatic heterocycles. The number of anilines is 1. The van der Waals surface area contributed by atoms with Gasteiger partial charge in [-0.15, -0.1) is 0 Å². The number of nitriles is 1. The van der Waals surface area contributed by atoms with Crippen LogP contribution in [0.5, 0.6) is 5.75 Å². The van der Waals surface area contributed by atoms with Crippen molar-refractivity contribution >= 4 is 11.7 Å². The van der Waals surface area contributed by atoms with Gasteiger partial charge >= 0.3 is 6.03 Å². The summed E-state index contributed by atoms with van der Waals surface area (Å²) in [5, 5.41) is 9.08. The Hall–Kier alpha value is -2.33. The first-order valence-corrected chi connectivity index (χ1v) is 9.11. The van der Waals surface area contributed by atoms with Gasteiger partial charge in [-0.3, -0.25) is 9.80 Å². The van der Waals surface area contributed by atoms with Gasteiger partial charge in [0.2, 0.25) is 0 Å². The van der Waals surface area contributed by atoms with Gasteiger partial charge in [-0.2, -0.15) is 5.26 Å². The molecule has 4 rings (SSSR count). The van der Waals surface area contributed by atoms with E-state index in [1.54, 1.807) is 4.90 Å². The molecule has 2 amide bonds. The minimum atomic E-state index is -0.444. The van der Waals surface area contributed by atoms with Crippen molar-refractivity contribution in [3.63, 3.8) is 0 Å². The number of halogens is 1. The smallest absolute Gasteiger partial charge is 0.324 e. The van der Waals surface area contributed by atoms with Crippen molar-refractivity contribution in [2.45, 2.75) is 44.3 Å².